The van der Waals surface area contributed by atoms with Crippen LogP contribution >= 0.6 is 0 Å². The largest absolute Gasteiger partial charge is 0.481 e. The molecule has 0 aliphatic rings. The predicted octanol–water partition coefficient (Wildman–Crippen LogP) is 3.94. The van der Waals surface area contributed by atoms with Gasteiger partial charge in [-0.05, 0) is 50.3 Å². The highest BCUT2D eigenvalue weighted by atomic mass is 16.5. The molecule has 1 unspecified atom stereocenters. The van der Waals surface area contributed by atoms with E-state index in [1.54, 1.807) is 6.92 Å². The van der Waals surface area contributed by atoms with Crippen LogP contribution in [0.1, 0.15) is 54.9 Å². The zero-order valence-electron chi connectivity index (χ0n) is 13.9. The fourth-order valence-electron chi connectivity index (χ4n) is 2.51. The van der Waals surface area contributed by atoms with Gasteiger partial charge in [-0.2, -0.15) is 0 Å². The highest BCUT2D eigenvalue weighted by Crippen LogP contribution is 2.18. The number of hydrogen-bond acceptors (Lipinski definition) is 3. The number of aryl methyl sites for hydroxylation is 3. The molecule has 1 N–H and O–H groups in total. The van der Waals surface area contributed by atoms with Crippen LogP contribution in [0.25, 0.3) is 0 Å². The SMILES string of the molecule is Cc1cc(C)c(COC(=O)CCCCC(C)C(=O)O)c(C)c1. The molecule has 0 aliphatic carbocycles. The molecule has 0 heterocycles. The molecule has 1 aromatic carbocycles. The molecular formula is C18H26O4. The number of carbonyl (C=O) groups is 2. The maximum atomic E-state index is 11.7. The van der Waals surface area contributed by atoms with Gasteiger partial charge in [0.2, 0.25) is 0 Å². The Morgan fingerprint density at radius 3 is 2.27 bits per heavy atom. The number of rotatable bonds is 8. The number of carboxylic acid groups (broad SMARTS) is 1. The molecule has 1 aromatic rings. The topological polar surface area (TPSA) is 63.6 Å². The van der Waals surface area contributed by atoms with Gasteiger partial charge in [0, 0.05) is 6.42 Å². The molecule has 0 amide bonds. The molecule has 4 heteroatoms. The number of hydrogen-bond donors (Lipinski definition) is 1. The number of esters is 1. The van der Waals surface area contributed by atoms with E-state index in [0.717, 1.165) is 23.1 Å². The lowest BCUT2D eigenvalue weighted by Gasteiger charge is -2.12. The quantitative estimate of drug-likeness (QED) is 0.583. The minimum absolute atomic E-state index is 0.220. The van der Waals surface area contributed by atoms with Crippen LogP contribution in [0.4, 0.5) is 0 Å². The molecule has 22 heavy (non-hydrogen) atoms. The summed E-state index contributed by atoms with van der Waals surface area (Å²) in [7, 11) is 0. The van der Waals surface area contributed by atoms with Crippen molar-refractivity contribution in [3.05, 3.63) is 34.4 Å². The molecule has 0 saturated carbocycles. The average molecular weight is 306 g/mol. The second kappa shape index (κ2) is 8.57. The first-order valence-electron chi connectivity index (χ1n) is 7.76. The highest BCUT2D eigenvalue weighted by Gasteiger charge is 2.11. The van der Waals surface area contributed by atoms with Crippen LogP contribution in [-0.2, 0) is 20.9 Å². The van der Waals surface area contributed by atoms with Crippen molar-refractivity contribution < 1.29 is 19.4 Å². The fraction of sp³-hybridized carbons (Fsp3) is 0.556. The van der Waals surface area contributed by atoms with Crippen molar-refractivity contribution in [1.29, 1.82) is 0 Å². The molecule has 1 atom stereocenters. The van der Waals surface area contributed by atoms with Crippen molar-refractivity contribution in [2.45, 2.75) is 60.0 Å². The lowest BCUT2D eigenvalue weighted by Crippen LogP contribution is -2.10. The van der Waals surface area contributed by atoms with Crippen LogP contribution in [0.3, 0.4) is 0 Å². The molecule has 0 bridgehead atoms. The lowest BCUT2D eigenvalue weighted by molar-refractivity contribution is -0.145. The van der Waals surface area contributed by atoms with Gasteiger partial charge in [-0.25, -0.2) is 0 Å². The van der Waals surface area contributed by atoms with Gasteiger partial charge in [0.15, 0.2) is 0 Å². The van der Waals surface area contributed by atoms with Gasteiger partial charge < -0.3 is 9.84 Å². The molecule has 0 aromatic heterocycles. The van der Waals surface area contributed by atoms with Crippen LogP contribution in [0.15, 0.2) is 12.1 Å². The van der Waals surface area contributed by atoms with E-state index >= 15 is 0 Å². The van der Waals surface area contributed by atoms with Crippen LogP contribution in [0, 0.1) is 26.7 Å². The Morgan fingerprint density at radius 2 is 1.73 bits per heavy atom. The summed E-state index contributed by atoms with van der Waals surface area (Å²) in [6.45, 7) is 8.09. The maximum Gasteiger partial charge on any atom is 0.306 e. The fourth-order valence-corrected chi connectivity index (χ4v) is 2.51. The van der Waals surface area contributed by atoms with Crippen LogP contribution in [-0.4, -0.2) is 17.0 Å². The summed E-state index contributed by atoms with van der Waals surface area (Å²) >= 11 is 0. The van der Waals surface area contributed by atoms with Gasteiger partial charge in [-0.3, -0.25) is 9.59 Å². The zero-order valence-corrected chi connectivity index (χ0v) is 13.9. The van der Waals surface area contributed by atoms with E-state index in [9.17, 15) is 9.59 Å². The number of benzene rings is 1. The van der Waals surface area contributed by atoms with Gasteiger partial charge >= 0.3 is 11.9 Å². The number of carbonyl (C=O) groups excluding carboxylic acids is 1. The third-order valence-corrected chi connectivity index (χ3v) is 3.91. The first-order valence-corrected chi connectivity index (χ1v) is 7.76. The summed E-state index contributed by atoms with van der Waals surface area (Å²) in [4.78, 5) is 22.4. The van der Waals surface area contributed by atoms with Crippen molar-refractivity contribution in [3.63, 3.8) is 0 Å². The second-order valence-electron chi connectivity index (χ2n) is 6.02. The van der Waals surface area contributed by atoms with Crippen molar-refractivity contribution in [3.8, 4) is 0 Å². The van der Waals surface area contributed by atoms with Crippen LogP contribution in [0.5, 0.6) is 0 Å². The van der Waals surface area contributed by atoms with E-state index in [4.69, 9.17) is 9.84 Å². The van der Waals surface area contributed by atoms with Crippen LogP contribution in [0.2, 0.25) is 0 Å². The molecule has 0 spiro atoms. The Labute approximate surface area is 132 Å². The van der Waals surface area contributed by atoms with Crippen molar-refractivity contribution in [1.82, 2.24) is 0 Å². The first-order chi connectivity index (χ1) is 10.3. The smallest absolute Gasteiger partial charge is 0.306 e. The Morgan fingerprint density at radius 1 is 1.14 bits per heavy atom. The van der Waals surface area contributed by atoms with Gasteiger partial charge in [-0.15, -0.1) is 0 Å². The van der Waals surface area contributed by atoms with E-state index in [0.29, 0.717) is 25.9 Å². The zero-order chi connectivity index (χ0) is 16.7. The first kappa shape index (κ1) is 18.2. The number of aliphatic carboxylic acids is 1. The summed E-state index contributed by atoms with van der Waals surface area (Å²) in [6.07, 6.45) is 2.34. The number of unbranched alkanes of at least 4 members (excludes halogenated alkanes) is 1. The van der Waals surface area contributed by atoms with Crippen molar-refractivity contribution >= 4 is 11.9 Å². The highest BCUT2D eigenvalue weighted by molar-refractivity contribution is 5.70. The molecule has 0 radical (unpaired) electrons. The molecule has 0 saturated heterocycles. The summed E-state index contributed by atoms with van der Waals surface area (Å²) in [5.41, 5.74) is 4.55. The number of carboxylic acids is 1. The monoisotopic (exact) mass is 306 g/mol. The molecular weight excluding hydrogens is 280 g/mol. The third kappa shape index (κ3) is 5.88. The van der Waals surface area contributed by atoms with Crippen LogP contribution < -0.4 is 0 Å². The van der Waals surface area contributed by atoms with E-state index in [1.807, 2.05) is 20.8 Å². The molecule has 0 aliphatic heterocycles. The second-order valence-corrected chi connectivity index (χ2v) is 6.02. The average Bonchev–Trinajstić information content (AvgIpc) is 2.41. The molecule has 1 rings (SSSR count). The minimum atomic E-state index is -0.784. The Bertz CT molecular complexity index is 511. The Balaban J connectivity index is 2.34. The summed E-state index contributed by atoms with van der Waals surface area (Å²) in [5.74, 6) is -1.36. The number of ether oxygens (including phenoxy) is 1. The predicted molar refractivity (Wildman–Crippen MR) is 85.7 cm³/mol. The van der Waals surface area contributed by atoms with Gasteiger partial charge in [-0.1, -0.05) is 31.0 Å². The minimum Gasteiger partial charge on any atom is -0.481 e. The van der Waals surface area contributed by atoms with E-state index in [2.05, 4.69) is 12.1 Å². The Kier molecular flexibility index (Phi) is 7.09. The standard InChI is InChI=1S/C18H26O4/c1-12-9-14(3)16(15(4)10-12)11-22-17(19)8-6-5-7-13(2)18(20)21/h9-10,13H,5-8,11H2,1-4H3,(H,20,21). The van der Waals surface area contributed by atoms with E-state index < -0.39 is 5.97 Å². The lowest BCUT2D eigenvalue weighted by atomic mass is 10.0. The third-order valence-electron chi connectivity index (χ3n) is 3.91. The molecule has 0 fully saturated rings. The van der Waals surface area contributed by atoms with E-state index in [-0.39, 0.29) is 11.9 Å². The van der Waals surface area contributed by atoms with Gasteiger partial charge in [0.1, 0.15) is 6.61 Å². The summed E-state index contributed by atoms with van der Waals surface area (Å²) in [6, 6.07) is 4.17. The normalized spacial score (nSPS) is 12.0. The Hall–Kier alpha value is -1.84. The van der Waals surface area contributed by atoms with E-state index in [1.165, 1.54) is 5.56 Å². The summed E-state index contributed by atoms with van der Waals surface area (Å²) < 4.78 is 5.33. The molecule has 4 nitrogen and oxygen atoms in total. The van der Waals surface area contributed by atoms with Gasteiger partial charge in [0.25, 0.3) is 0 Å². The van der Waals surface area contributed by atoms with Crippen molar-refractivity contribution in [2.24, 2.45) is 5.92 Å². The van der Waals surface area contributed by atoms with Crippen molar-refractivity contribution in [2.75, 3.05) is 0 Å². The molecule has 122 valence electrons. The maximum absolute atomic E-state index is 11.7. The van der Waals surface area contributed by atoms with Gasteiger partial charge in [0.05, 0.1) is 5.92 Å². The summed E-state index contributed by atoms with van der Waals surface area (Å²) in [5, 5.41) is 8.78.